The van der Waals surface area contributed by atoms with E-state index in [0.29, 0.717) is 26.2 Å². The maximum Gasteiger partial charge on any atom is 0.216 e. The van der Waals surface area contributed by atoms with Gasteiger partial charge in [0.15, 0.2) is 0 Å². The van der Waals surface area contributed by atoms with Gasteiger partial charge in [0, 0.05) is 12.2 Å². The molecule has 0 radical (unpaired) electrons. The largest absolute Gasteiger partial charge is 0.380 e. The van der Waals surface area contributed by atoms with E-state index in [1.54, 1.807) is 12.1 Å². The molecule has 2 atom stereocenters. The van der Waals surface area contributed by atoms with Gasteiger partial charge in [-0.2, -0.15) is 0 Å². The zero-order valence-electron chi connectivity index (χ0n) is 15.0. The first-order chi connectivity index (χ1) is 12.4. The lowest BCUT2D eigenvalue weighted by Gasteiger charge is -2.31. The van der Waals surface area contributed by atoms with Crippen molar-refractivity contribution in [2.75, 3.05) is 13.2 Å². The van der Waals surface area contributed by atoms with Crippen molar-refractivity contribution in [2.45, 2.75) is 44.8 Å². The second-order valence-electron chi connectivity index (χ2n) is 6.48. The number of ether oxygens (including phenoxy) is 2. The highest BCUT2D eigenvalue weighted by Crippen LogP contribution is 2.19. The summed E-state index contributed by atoms with van der Waals surface area (Å²) in [5, 5.41) is 3.91. The number of benzene rings is 1. The molecular formula is C18H24N2O5S. The molecule has 26 heavy (non-hydrogen) atoms. The predicted octanol–water partition coefficient (Wildman–Crippen LogP) is 2.09. The van der Waals surface area contributed by atoms with Crippen LogP contribution in [0.3, 0.4) is 0 Å². The normalized spacial score (nSPS) is 21.0. The van der Waals surface area contributed by atoms with Gasteiger partial charge in [-0.05, 0) is 25.8 Å². The van der Waals surface area contributed by atoms with Crippen LogP contribution in [0.25, 0.3) is 0 Å². The lowest BCUT2D eigenvalue weighted by Crippen LogP contribution is -2.50. The number of rotatable bonds is 7. The van der Waals surface area contributed by atoms with E-state index >= 15 is 0 Å². The number of hydrogen-bond acceptors (Lipinski definition) is 6. The van der Waals surface area contributed by atoms with Crippen LogP contribution in [0, 0.1) is 13.8 Å². The standard InChI is InChI=1S/C18H24N2O5S/c1-13-16(14(2)25-19-13)10-24-18-8-9-23-11-17(18)20-26(21,22)12-15-6-4-3-5-7-15/h3-7,17-18,20H,8-12H2,1-2H3/t17-,18+/m0/s1. The molecule has 0 spiro atoms. The molecule has 0 saturated carbocycles. The van der Waals surface area contributed by atoms with Crippen LogP contribution >= 0.6 is 0 Å². The lowest BCUT2D eigenvalue weighted by atomic mass is 10.1. The second kappa shape index (κ2) is 8.30. The molecule has 1 fully saturated rings. The quantitative estimate of drug-likeness (QED) is 0.791. The van der Waals surface area contributed by atoms with Crippen LogP contribution in [0.2, 0.25) is 0 Å². The Hall–Kier alpha value is -1.74. The molecule has 0 unspecified atom stereocenters. The van der Waals surface area contributed by atoms with E-state index in [-0.39, 0.29) is 11.9 Å². The van der Waals surface area contributed by atoms with E-state index in [4.69, 9.17) is 14.0 Å². The molecule has 8 heteroatoms. The molecule has 7 nitrogen and oxygen atoms in total. The molecule has 0 aliphatic carbocycles. The van der Waals surface area contributed by atoms with E-state index < -0.39 is 16.1 Å². The molecule has 0 amide bonds. The zero-order valence-corrected chi connectivity index (χ0v) is 15.8. The Morgan fingerprint density at radius 2 is 2.04 bits per heavy atom. The van der Waals surface area contributed by atoms with E-state index in [1.807, 2.05) is 32.0 Å². The number of nitrogens with one attached hydrogen (secondary N) is 1. The minimum Gasteiger partial charge on any atom is -0.380 e. The van der Waals surface area contributed by atoms with Crippen LogP contribution in [-0.2, 0) is 31.9 Å². The Kier molecular flexibility index (Phi) is 6.08. The summed E-state index contributed by atoms with van der Waals surface area (Å²) in [6, 6.07) is 8.67. The van der Waals surface area contributed by atoms with Gasteiger partial charge in [0.2, 0.25) is 10.0 Å². The molecule has 1 N–H and O–H groups in total. The third-order valence-electron chi connectivity index (χ3n) is 4.45. The minimum atomic E-state index is -3.50. The van der Waals surface area contributed by atoms with Crippen LogP contribution in [0.4, 0.5) is 0 Å². The fraction of sp³-hybridized carbons (Fsp3) is 0.500. The summed E-state index contributed by atoms with van der Waals surface area (Å²) in [4.78, 5) is 0. The molecule has 1 saturated heterocycles. The smallest absolute Gasteiger partial charge is 0.216 e. The predicted molar refractivity (Wildman–Crippen MR) is 96.0 cm³/mol. The Morgan fingerprint density at radius 1 is 1.27 bits per heavy atom. The van der Waals surface area contributed by atoms with E-state index in [1.165, 1.54) is 0 Å². The summed E-state index contributed by atoms with van der Waals surface area (Å²) < 4.78 is 44.3. The molecule has 2 heterocycles. The first-order valence-electron chi connectivity index (χ1n) is 8.59. The van der Waals surface area contributed by atoms with Gasteiger partial charge in [-0.3, -0.25) is 0 Å². The summed E-state index contributed by atoms with van der Waals surface area (Å²) in [7, 11) is -3.50. The molecule has 1 aliphatic rings. The lowest BCUT2D eigenvalue weighted by molar-refractivity contribution is -0.0575. The topological polar surface area (TPSA) is 90.7 Å². The third-order valence-corrected chi connectivity index (χ3v) is 5.82. The van der Waals surface area contributed by atoms with E-state index in [0.717, 1.165) is 22.6 Å². The molecule has 142 valence electrons. The highest BCUT2D eigenvalue weighted by atomic mass is 32.2. The number of hydrogen-bond donors (Lipinski definition) is 1. The van der Waals surface area contributed by atoms with Gasteiger partial charge >= 0.3 is 0 Å². The summed E-state index contributed by atoms with van der Waals surface area (Å²) in [6.45, 7) is 4.87. The van der Waals surface area contributed by atoms with Gasteiger partial charge in [-0.25, -0.2) is 13.1 Å². The average Bonchev–Trinajstić information content (AvgIpc) is 2.92. The maximum atomic E-state index is 12.5. The van der Waals surface area contributed by atoms with Gasteiger partial charge in [-0.15, -0.1) is 0 Å². The number of aromatic nitrogens is 1. The van der Waals surface area contributed by atoms with Crippen LogP contribution in [0.5, 0.6) is 0 Å². The Balaban J connectivity index is 1.63. The van der Waals surface area contributed by atoms with Gasteiger partial charge in [0.1, 0.15) is 5.76 Å². The van der Waals surface area contributed by atoms with Gasteiger partial charge < -0.3 is 14.0 Å². The maximum absolute atomic E-state index is 12.5. The molecule has 0 bridgehead atoms. The van der Waals surface area contributed by atoms with Crippen molar-refractivity contribution in [3.05, 3.63) is 52.9 Å². The summed E-state index contributed by atoms with van der Waals surface area (Å²) in [5.41, 5.74) is 2.43. The molecular weight excluding hydrogens is 356 g/mol. The van der Waals surface area contributed by atoms with Gasteiger partial charge in [0.05, 0.1) is 36.8 Å². The molecule has 1 aliphatic heterocycles. The third kappa shape index (κ3) is 4.91. The first-order valence-corrected chi connectivity index (χ1v) is 10.2. The van der Waals surface area contributed by atoms with Crippen molar-refractivity contribution in [3.63, 3.8) is 0 Å². The monoisotopic (exact) mass is 380 g/mol. The van der Waals surface area contributed by atoms with Crippen molar-refractivity contribution in [3.8, 4) is 0 Å². The van der Waals surface area contributed by atoms with Crippen molar-refractivity contribution in [2.24, 2.45) is 0 Å². The van der Waals surface area contributed by atoms with Crippen LogP contribution < -0.4 is 4.72 Å². The number of aryl methyl sites for hydroxylation is 2. The second-order valence-corrected chi connectivity index (χ2v) is 8.24. The van der Waals surface area contributed by atoms with Crippen molar-refractivity contribution in [1.29, 1.82) is 0 Å². The van der Waals surface area contributed by atoms with Crippen molar-refractivity contribution in [1.82, 2.24) is 9.88 Å². The molecule has 1 aromatic heterocycles. The average molecular weight is 380 g/mol. The van der Waals surface area contributed by atoms with Crippen LogP contribution in [0.1, 0.15) is 29.0 Å². The number of sulfonamides is 1. The fourth-order valence-corrected chi connectivity index (χ4v) is 4.39. The Labute approximate surface area is 153 Å². The fourth-order valence-electron chi connectivity index (χ4n) is 2.99. The van der Waals surface area contributed by atoms with Gasteiger partial charge in [-0.1, -0.05) is 35.5 Å². The zero-order chi connectivity index (χ0) is 18.6. The Morgan fingerprint density at radius 3 is 2.73 bits per heavy atom. The molecule has 3 rings (SSSR count). The van der Waals surface area contributed by atoms with Crippen molar-refractivity contribution < 1.29 is 22.4 Å². The summed E-state index contributed by atoms with van der Waals surface area (Å²) >= 11 is 0. The summed E-state index contributed by atoms with van der Waals surface area (Å²) in [5.74, 6) is 0.650. The highest BCUT2D eigenvalue weighted by molar-refractivity contribution is 7.88. The molecule has 1 aromatic carbocycles. The Bertz CT molecular complexity index is 800. The van der Waals surface area contributed by atoms with Crippen LogP contribution in [0.15, 0.2) is 34.9 Å². The van der Waals surface area contributed by atoms with Crippen LogP contribution in [-0.4, -0.2) is 38.9 Å². The summed E-state index contributed by atoms with van der Waals surface area (Å²) in [6.07, 6.45) is 0.366. The van der Waals surface area contributed by atoms with E-state index in [9.17, 15) is 8.42 Å². The SMILES string of the molecule is Cc1noc(C)c1CO[C@@H]1CCOC[C@@H]1NS(=O)(=O)Cc1ccccc1. The van der Waals surface area contributed by atoms with Crippen molar-refractivity contribution >= 4 is 10.0 Å². The molecule has 2 aromatic rings. The van der Waals surface area contributed by atoms with E-state index in [2.05, 4.69) is 9.88 Å². The van der Waals surface area contributed by atoms with Gasteiger partial charge in [0.25, 0.3) is 0 Å². The first kappa shape index (κ1) is 19.0. The number of nitrogens with zero attached hydrogens (tertiary/aromatic N) is 1. The minimum absolute atomic E-state index is 0.0685. The highest BCUT2D eigenvalue weighted by Gasteiger charge is 2.30.